The molecule has 0 bridgehead atoms. The molecule has 1 aliphatic heterocycles. The standard InChI is InChI=1S/C13H25N5O2/c1-11(2)10-18-8-4-13(5-9-18,12(19)20)15-6-3-7-16-17-14/h11,15H,3-10H2,1-2H3,(H,19,20). The van der Waals surface area contributed by atoms with Crippen molar-refractivity contribution in [3.05, 3.63) is 10.4 Å². The van der Waals surface area contributed by atoms with Gasteiger partial charge in [0.25, 0.3) is 0 Å². The molecule has 1 saturated heterocycles. The Labute approximate surface area is 120 Å². The fourth-order valence-electron chi connectivity index (χ4n) is 2.62. The van der Waals surface area contributed by atoms with E-state index in [0.29, 0.717) is 38.3 Å². The van der Waals surface area contributed by atoms with Crippen LogP contribution in [0.4, 0.5) is 0 Å². The first-order valence-electron chi connectivity index (χ1n) is 7.22. The Hall–Kier alpha value is -1.30. The third-order valence-corrected chi connectivity index (χ3v) is 3.70. The van der Waals surface area contributed by atoms with E-state index in [-0.39, 0.29) is 0 Å². The third kappa shape index (κ3) is 5.00. The maximum atomic E-state index is 11.6. The highest BCUT2D eigenvalue weighted by atomic mass is 16.4. The number of azide groups is 1. The van der Waals surface area contributed by atoms with Gasteiger partial charge >= 0.3 is 5.97 Å². The molecule has 0 amide bonds. The predicted molar refractivity (Wildman–Crippen MR) is 77.5 cm³/mol. The summed E-state index contributed by atoms with van der Waals surface area (Å²) in [5.74, 6) is -0.172. The van der Waals surface area contributed by atoms with E-state index in [1.165, 1.54) is 0 Å². The topological polar surface area (TPSA) is 101 Å². The molecule has 0 aromatic carbocycles. The minimum absolute atomic E-state index is 0.401. The van der Waals surface area contributed by atoms with Crippen LogP contribution in [0.25, 0.3) is 10.4 Å². The first-order chi connectivity index (χ1) is 9.50. The number of carboxylic acids is 1. The molecule has 114 valence electrons. The average molecular weight is 283 g/mol. The van der Waals surface area contributed by atoms with Crippen LogP contribution >= 0.6 is 0 Å². The maximum absolute atomic E-state index is 11.6. The number of hydrogen-bond donors (Lipinski definition) is 2. The summed E-state index contributed by atoms with van der Waals surface area (Å²) in [5, 5.41) is 16.1. The summed E-state index contributed by atoms with van der Waals surface area (Å²) in [4.78, 5) is 16.6. The number of carbonyl (C=O) groups is 1. The number of hydrogen-bond acceptors (Lipinski definition) is 4. The smallest absolute Gasteiger partial charge is 0.323 e. The van der Waals surface area contributed by atoms with Crippen LogP contribution in [0, 0.1) is 5.92 Å². The molecule has 1 rings (SSSR count). The van der Waals surface area contributed by atoms with Crippen molar-refractivity contribution in [1.82, 2.24) is 10.2 Å². The van der Waals surface area contributed by atoms with Gasteiger partial charge in [0.2, 0.25) is 0 Å². The van der Waals surface area contributed by atoms with Crippen LogP contribution in [0.2, 0.25) is 0 Å². The van der Waals surface area contributed by atoms with E-state index in [4.69, 9.17) is 5.53 Å². The van der Waals surface area contributed by atoms with Crippen LogP contribution in [0.3, 0.4) is 0 Å². The Morgan fingerprint density at radius 2 is 2.15 bits per heavy atom. The molecule has 0 spiro atoms. The van der Waals surface area contributed by atoms with Gasteiger partial charge in [0.05, 0.1) is 0 Å². The molecule has 1 aliphatic rings. The van der Waals surface area contributed by atoms with E-state index in [0.717, 1.165) is 19.6 Å². The zero-order valence-corrected chi connectivity index (χ0v) is 12.4. The van der Waals surface area contributed by atoms with E-state index in [9.17, 15) is 9.90 Å². The SMILES string of the molecule is CC(C)CN1CCC(NCCCN=[N+]=[N-])(C(=O)O)CC1. The Balaban J connectivity index is 2.45. The van der Waals surface area contributed by atoms with Crippen molar-refractivity contribution >= 4 is 5.97 Å². The number of likely N-dealkylation sites (tertiary alicyclic amines) is 1. The molecular weight excluding hydrogens is 258 g/mol. The lowest BCUT2D eigenvalue weighted by atomic mass is 9.87. The molecule has 0 radical (unpaired) electrons. The molecular formula is C13H25N5O2. The molecule has 0 aromatic rings. The van der Waals surface area contributed by atoms with E-state index >= 15 is 0 Å². The van der Waals surface area contributed by atoms with Crippen molar-refractivity contribution in [2.75, 3.05) is 32.7 Å². The highest BCUT2D eigenvalue weighted by Gasteiger charge is 2.40. The van der Waals surface area contributed by atoms with Crippen molar-refractivity contribution in [2.24, 2.45) is 11.0 Å². The monoisotopic (exact) mass is 283 g/mol. The van der Waals surface area contributed by atoms with Gasteiger partial charge in [-0.15, -0.1) is 0 Å². The van der Waals surface area contributed by atoms with Gasteiger partial charge in [-0.2, -0.15) is 0 Å². The van der Waals surface area contributed by atoms with E-state index in [1.807, 2.05) is 0 Å². The van der Waals surface area contributed by atoms with Crippen LogP contribution in [0.5, 0.6) is 0 Å². The molecule has 0 unspecified atom stereocenters. The first kappa shape index (κ1) is 16.8. The summed E-state index contributed by atoms with van der Waals surface area (Å²) in [6.07, 6.45) is 1.90. The average Bonchev–Trinajstić information content (AvgIpc) is 2.40. The molecule has 1 heterocycles. The quantitative estimate of drug-likeness (QED) is 0.307. The normalized spacial score (nSPS) is 18.8. The lowest BCUT2D eigenvalue weighted by Crippen LogP contribution is -2.58. The molecule has 2 N–H and O–H groups in total. The van der Waals surface area contributed by atoms with E-state index < -0.39 is 11.5 Å². The number of aliphatic carboxylic acids is 1. The van der Waals surface area contributed by atoms with Crippen molar-refractivity contribution < 1.29 is 9.90 Å². The van der Waals surface area contributed by atoms with Crippen molar-refractivity contribution in [2.45, 2.75) is 38.6 Å². The fraction of sp³-hybridized carbons (Fsp3) is 0.923. The zero-order valence-electron chi connectivity index (χ0n) is 12.4. The third-order valence-electron chi connectivity index (χ3n) is 3.70. The van der Waals surface area contributed by atoms with Gasteiger partial charge in [-0.25, -0.2) is 0 Å². The summed E-state index contributed by atoms with van der Waals surface area (Å²) in [5.41, 5.74) is 7.38. The lowest BCUT2D eigenvalue weighted by molar-refractivity contribution is -0.147. The van der Waals surface area contributed by atoms with Gasteiger partial charge in [0.15, 0.2) is 0 Å². The minimum Gasteiger partial charge on any atom is -0.480 e. The summed E-state index contributed by atoms with van der Waals surface area (Å²) in [7, 11) is 0. The second-order valence-electron chi connectivity index (χ2n) is 5.82. The van der Waals surface area contributed by atoms with Crippen LogP contribution < -0.4 is 5.32 Å². The Morgan fingerprint density at radius 1 is 1.50 bits per heavy atom. The zero-order chi connectivity index (χ0) is 15.0. The maximum Gasteiger partial charge on any atom is 0.323 e. The van der Waals surface area contributed by atoms with Gasteiger partial charge in [0.1, 0.15) is 5.54 Å². The fourth-order valence-corrected chi connectivity index (χ4v) is 2.62. The van der Waals surface area contributed by atoms with Gasteiger partial charge in [-0.3, -0.25) is 4.79 Å². The number of nitrogens with one attached hydrogen (secondary N) is 1. The van der Waals surface area contributed by atoms with Crippen molar-refractivity contribution in [3.63, 3.8) is 0 Å². The molecule has 7 heteroatoms. The van der Waals surface area contributed by atoms with Gasteiger partial charge in [-0.1, -0.05) is 19.0 Å². The molecule has 0 atom stereocenters. The molecule has 20 heavy (non-hydrogen) atoms. The molecule has 0 aromatic heterocycles. The summed E-state index contributed by atoms with van der Waals surface area (Å²) < 4.78 is 0. The van der Waals surface area contributed by atoms with Gasteiger partial charge in [0, 0.05) is 31.1 Å². The number of carboxylic acid groups (broad SMARTS) is 1. The lowest BCUT2D eigenvalue weighted by Gasteiger charge is -2.40. The van der Waals surface area contributed by atoms with Crippen LogP contribution in [0.1, 0.15) is 33.1 Å². The minimum atomic E-state index is -0.816. The summed E-state index contributed by atoms with van der Waals surface area (Å²) >= 11 is 0. The largest absolute Gasteiger partial charge is 0.480 e. The molecule has 0 saturated carbocycles. The molecule has 7 nitrogen and oxygen atoms in total. The number of rotatable bonds is 8. The van der Waals surface area contributed by atoms with Gasteiger partial charge < -0.3 is 15.3 Å². The Morgan fingerprint density at radius 3 is 2.65 bits per heavy atom. The molecule has 1 fully saturated rings. The first-order valence-corrected chi connectivity index (χ1v) is 7.22. The number of nitrogens with zero attached hydrogens (tertiary/aromatic N) is 4. The van der Waals surface area contributed by atoms with E-state index in [1.54, 1.807) is 0 Å². The van der Waals surface area contributed by atoms with Gasteiger partial charge in [-0.05, 0) is 37.3 Å². The van der Waals surface area contributed by atoms with Crippen LogP contribution in [0.15, 0.2) is 5.11 Å². The summed E-state index contributed by atoms with van der Waals surface area (Å²) in [6.45, 7) is 7.96. The van der Waals surface area contributed by atoms with Crippen molar-refractivity contribution in [1.29, 1.82) is 0 Å². The number of piperidine rings is 1. The van der Waals surface area contributed by atoms with Crippen molar-refractivity contribution in [3.8, 4) is 0 Å². The van der Waals surface area contributed by atoms with Crippen LogP contribution in [-0.2, 0) is 4.79 Å². The van der Waals surface area contributed by atoms with E-state index in [2.05, 4.69) is 34.1 Å². The summed E-state index contributed by atoms with van der Waals surface area (Å²) in [6, 6.07) is 0. The highest BCUT2D eigenvalue weighted by Crippen LogP contribution is 2.23. The Bertz CT molecular complexity index is 358. The second kappa shape index (κ2) is 8.09. The Kier molecular flexibility index (Phi) is 6.78. The second-order valence-corrected chi connectivity index (χ2v) is 5.82. The predicted octanol–water partition coefficient (Wildman–Crippen LogP) is 1.85. The highest BCUT2D eigenvalue weighted by molar-refractivity contribution is 5.79. The molecule has 0 aliphatic carbocycles. The van der Waals surface area contributed by atoms with Crippen LogP contribution in [-0.4, -0.2) is 54.2 Å².